The van der Waals surface area contributed by atoms with Gasteiger partial charge >= 0.3 is 5.97 Å². The number of esters is 1. The van der Waals surface area contributed by atoms with E-state index in [4.69, 9.17) is 16.2 Å². The normalized spacial score (nSPS) is 11.7. The summed E-state index contributed by atoms with van der Waals surface area (Å²) in [6, 6.07) is 4.93. The zero-order valence-corrected chi connectivity index (χ0v) is 11.3. The van der Waals surface area contributed by atoms with Crippen LogP contribution < -0.4 is 16.4 Å². The lowest BCUT2D eigenvalue weighted by Crippen LogP contribution is -2.33. The minimum Gasteiger partial charge on any atom is -0.449 e. The van der Waals surface area contributed by atoms with Crippen molar-refractivity contribution in [2.45, 2.75) is 19.4 Å². The van der Waals surface area contributed by atoms with Gasteiger partial charge in [0, 0.05) is 19.8 Å². The number of hydrogen-bond donors (Lipinski definition) is 2. The van der Waals surface area contributed by atoms with Gasteiger partial charge in [-0.3, -0.25) is 4.79 Å². The number of anilines is 2. The van der Waals surface area contributed by atoms with Gasteiger partial charge in [-0.15, -0.1) is 0 Å². The van der Waals surface area contributed by atoms with E-state index in [-0.39, 0.29) is 0 Å². The van der Waals surface area contributed by atoms with Gasteiger partial charge in [-0.25, -0.2) is 4.79 Å². The molecule has 104 valence electrons. The molecular weight excluding hydrogens is 246 g/mol. The van der Waals surface area contributed by atoms with E-state index < -0.39 is 18.0 Å². The number of rotatable bonds is 5. The predicted molar refractivity (Wildman–Crippen MR) is 73.9 cm³/mol. The quantitative estimate of drug-likeness (QED) is 0.604. The second kappa shape index (κ2) is 6.08. The molecule has 0 aliphatic rings. The van der Waals surface area contributed by atoms with Crippen molar-refractivity contribution in [2.24, 2.45) is 5.73 Å². The number of primary amides is 1. The molecule has 1 unspecified atom stereocenters. The lowest BCUT2D eigenvalue weighted by molar-refractivity contribution is -0.126. The minimum absolute atomic E-state index is 0.310. The molecule has 1 atom stereocenters. The van der Waals surface area contributed by atoms with Gasteiger partial charge in [0.1, 0.15) is 0 Å². The number of hydrogen-bond acceptors (Lipinski definition) is 5. The fourth-order valence-electron chi connectivity index (χ4n) is 1.64. The Morgan fingerprint density at radius 1 is 1.37 bits per heavy atom. The number of nitrogen functional groups attached to an aromatic ring is 1. The van der Waals surface area contributed by atoms with E-state index in [1.54, 1.807) is 38.1 Å². The first-order chi connectivity index (χ1) is 8.86. The van der Waals surface area contributed by atoms with Crippen molar-refractivity contribution in [3.63, 3.8) is 0 Å². The van der Waals surface area contributed by atoms with Crippen molar-refractivity contribution >= 4 is 23.3 Å². The molecule has 1 aromatic carbocycles. The number of nitrogens with zero attached hydrogens (tertiary/aromatic N) is 1. The van der Waals surface area contributed by atoms with Crippen LogP contribution in [0.5, 0.6) is 0 Å². The van der Waals surface area contributed by atoms with Gasteiger partial charge in [0.05, 0.1) is 11.3 Å². The lowest BCUT2D eigenvalue weighted by Gasteiger charge is -2.19. The summed E-state index contributed by atoms with van der Waals surface area (Å²) in [5.41, 5.74) is 12.2. The molecule has 0 spiro atoms. The number of carbonyl (C=O) groups is 2. The molecule has 0 aliphatic heterocycles. The van der Waals surface area contributed by atoms with Crippen LogP contribution in [-0.2, 0) is 9.53 Å². The third kappa shape index (κ3) is 3.61. The minimum atomic E-state index is -0.927. The Kier molecular flexibility index (Phi) is 4.74. The maximum atomic E-state index is 12.1. The van der Waals surface area contributed by atoms with Gasteiger partial charge in [-0.1, -0.05) is 6.92 Å². The molecule has 0 saturated heterocycles. The summed E-state index contributed by atoms with van der Waals surface area (Å²) in [5.74, 6) is -1.27. The van der Waals surface area contributed by atoms with Crippen LogP contribution in [-0.4, -0.2) is 32.1 Å². The molecule has 0 saturated carbocycles. The van der Waals surface area contributed by atoms with Crippen LogP contribution in [0.1, 0.15) is 23.7 Å². The van der Waals surface area contributed by atoms with Gasteiger partial charge in [-0.05, 0) is 24.6 Å². The zero-order valence-electron chi connectivity index (χ0n) is 11.3. The van der Waals surface area contributed by atoms with Crippen LogP contribution in [0, 0.1) is 0 Å². The summed E-state index contributed by atoms with van der Waals surface area (Å²) < 4.78 is 5.10. The highest BCUT2D eigenvalue weighted by Crippen LogP contribution is 2.23. The van der Waals surface area contributed by atoms with E-state index in [1.165, 1.54) is 6.07 Å². The van der Waals surface area contributed by atoms with E-state index in [0.717, 1.165) is 0 Å². The Balaban J connectivity index is 3.04. The first kappa shape index (κ1) is 14.8. The average Bonchev–Trinajstić information content (AvgIpc) is 2.34. The number of amides is 1. The van der Waals surface area contributed by atoms with Crippen LogP contribution in [0.4, 0.5) is 11.4 Å². The Labute approximate surface area is 112 Å². The van der Waals surface area contributed by atoms with Crippen molar-refractivity contribution in [1.82, 2.24) is 0 Å². The maximum Gasteiger partial charge on any atom is 0.341 e. The van der Waals surface area contributed by atoms with Crippen LogP contribution in [0.2, 0.25) is 0 Å². The summed E-state index contributed by atoms with van der Waals surface area (Å²) in [5, 5.41) is 0. The standard InChI is InChI=1S/C13H19N3O3/c1-4-11(12(15)17)19-13(18)9-7-8(14)5-6-10(9)16(2)3/h5-7,11H,4,14H2,1-3H3,(H2,15,17). The molecule has 0 aliphatic carbocycles. The molecule has 4 N–H and O–H groups in total. The fraction of sp³-hybridized carbons (Fsp3) is 0.385. The molecule has 1 aromatic rings. The second-order valence-electron chi connectivity index (χ2n) is 4.38. The van der Waals surface area contributed by atoms with Gasteiger partial charge in [0.15, 0.2) is 6.10 Å². The second-order valence-corrected chi connectivity index (χ2v) is 4.38. The Morgan fingerprint density at radius 3 is 2.47 bits per heavy atom. The SMILES string of the molecule is CCC(OC(=O)c1cc(N)ccc1N(C)C)C(N)=O. The monoisotopic (exact) mass is 265 g/mol. The lowest BCUT2D eigenvalue weighted by atomic mass is 10.1. The van der Waals surface area contributed by atoms with E-state index in [1.807, 2.05) is 0 Å². The van der Waals surface area contributed by atoms with Gasteiger partial charge in [0.25, 0.3) is 5.91 Å². The molecule has 1 rings (SSSR count). The maximum absolute atomic E-state index is 12.1. The highest BCUT2D eigenvalue weighted by molar-refractivity contribution is 5.98. The molecule has 0 aromatic heterocycles. The van der Waals surface area contributed by atoms with Crippen LogP contribution >= 0.6 is 0 Å². The highest BCUT2D eigenvalue weighted by Gasteiger charge is 2.22. The molecule has 0 bridgehead atoms. The summed E-state index contributed by atoms with van der Waals surface area (Å²) >= 11 is 0. The van der Waals surface area contributed by atoms with E-state index >= 15 is 0 Å². The molecule has 19 heavy (non-hydrogen) atoms. The zero-order chi connectivity index (χ0) is 14.6. The molecule has 0 heterocycles. The third-order valence-electron chi connectivity index (χ3n) is 2.66. The van der Waals surface area contributed by atoms with Crippen molar-refractivity contribution in [1.29, 1.82) is 0 Å². The summed E-state index contributed by atoms with van der Waals surface area (Å²) in [6.45, 7) is 1.72. The first-order valence-corrected chi connectivity index (χ1v) is 5.94. The van der Waals surface area contributed by atoms with Gasteiger partial charge in [0.2, 0.25) is 0 Å². The van der Waals surface area contributed by atoms with Crippen molar-refractivity contribution in [3.8, 4) is 0 Å². The summed E-state index contributed by atoms with van der Waals surface area (Å²) in [4.78, 5) is 24.9. The fourth-order valence-corrected chi connectivity index (χ4v) is 1.64. The smallest absolute Gasteiger partial charge is 0.341 e. The number of ether oxygens (including phenoxy) is 1. The Morgan fingerprint density at radius 2 is 2.00 bits per heavy atom. The number of carbonyl (C=O) groups excluding carboxylic acids is 2. The third-order valence-corrected chi connectivity index (χ3v) is 2.66. The highest BCUT2D eigenvalue weighted by atomic mass is 16.5. The molecule has 0 fully saturated rings. The number of nitrogens with two attached hydrogens (primary N) is 2. The molecular formula is C13H19N3O3. The van der Waals surface area contributed by atoms with E-state index in [0.29, 0.717) is 23.4 Å². The van der Waals surface area contributed by atoms with Crippen LogP contribution in [0.3, 0.4) is 0 Å². The van der Waals surface area contributed by atoms with Crippen molar-refractivity contribution in [2.75, 3.05) is 24.7 Å². The van der Waals surface area contributed by atoms with E-state index in [9.17, 15) is 9.59 Å². The number of benzene rings is 1. The molecule has 1 amide bonds. The predicted octanol–water partition coefficient (Wildman–Crippen LogP) is 0.755. The Bertz CT molecular complexity index is 486. The van der Waals surface area contributed by atoms with Crippen molar-refractivity contribution < 1.29 is 14.3 Å². The average molecular weight is 265 g/mol. The van der Waals surface area contributed by atoms with Gasteiger partial charge < -0.3 is 21.1 Å². The topological polar surface area (TPSA) is 98.7 Å². The molecule has 6 heteroatoms. The largest absolute Gasteiger partial charge is 0.449 e. The van der Waals surface area contributed by atoms with E-state index in [2.05, 4.69) is 0 Å². The van der Waals surface area contributed by atoms with Crippen LogP contribution in [0.25, 0.3) is 0 Å². The molecule has 6 nitrogen and oxygen atoms in total. The van der Waals surface area contributed by atoms with Crippen LogP contribution in [0.15, 0.2) is 18.2 Å². The van der Waals surface area contributed by atoms with Crippen molar-refractivity contribution in [3.05, 3.63) is 23.8 Å². The molecule has 0 radical (unpaired) electrons. The Hall–Kier alpha value is -2.24. The van der Waals surface area contributed by atoms with Gasteiger partial charge in [-0.2, -0.15) is 0 Å². The first-order valence-electron chi connectivity index (χ1n) is 5.94. The summed E-state index contributed by atoms with van der Waals surface area (Å²) in [7, 11) is 3.60. The summed E-state index contributed by atoms with van der Waals surface area (Å²) in [6.07, 6.45) is -0.593.